The van der Waals surface area contributed by atoms with Crippen molar-refractivity contribution in [3.05, 3.63) is 34.1 Å². The number of benzene rings is 1. The van der Waals surface area contributed by atoms with Crippen molar-refractivity contribution < 1.29 is 9.31 Å². The number of nitro groups is 1. The average Bonchev–Trinajstić information content (AvgIpc) is 2.31. The van der Waals surface area contributed by atoms with Gasteiger partial charge in [-0.25, -0.2) is 4.39 Å². The topological polar surface area (TPSA) is 55.2 Å². The molecule has 0 spiro atoms. The number of anilines is 1. The van der Waals surface area contributed by atoms with Crippen molar-refractivity contribution in [2.75, 3.05) is 5.32 Å². The summed E-state index contributed by atoms with van der Waals surface area (Å²) in [6, 6.07) is 3.97. The van der Waals surface area contributed by atoms with Crippen LogP contribution in [0.4, 0.5) is 15.8 Å². The van der Waals surface area contributed by atoms with E-state index in [1.54, 1.807) is 0 Å². The van der Waals surface area contributed by atoms with Crippen LogP contribution in [0.2, 0.25) is 0 Å². The molecule has 19 heavy (non-hydrogen) atoms. The fraction of sp³-hybridized carbons (Fsp3) is 0.571. The molecule has 1 aliphatic carbocycles. The van der Waals surface area contributed by atoms with E-state index >= 15 is 0 Å². The van der Waals surface area contributed by atoms with Crippen molar-refractivity contribution in [2.24, 2.45) is 0 Å². The van der Waals surface area contributed by atoms with Gasteiger partial charge in [0, 0.05) is 17.8 Å². The minimum absolute atomic E-state index is 0.201. The predicted molar refractivity (Wildman–Crippen MR) is 72.8 cm³/mol. The van der Waals surface area contributed by atoms with Gasteiger partial charge in [0.15, 0.2) is 0 Å². The van der Waals surface area contributed by atoms with Crippen molar-refractivity contribution >= 4 is 11.4 Å². The van der Waals surface area contributed by atoms with E-state index in [1.165, 1.54) is 31.4 Å². The summed E-state index contributed by atoms with van der Waals surface area (Å²) in [5.74, 6) is -0.567. The van der Waals surface area contributed by atoms with E-state index in [9.17, 15) is 14.5 Å². The molecule has 1 aromatic carbocycles. The molecule has 1 saturated carbocycles. The number of halogens is 1. The second-order valence-corrected chi connectivity index (χ2v) is 5.14. The fourth-order valence-corrected chi connectivity index (χ4v) is 2.60. The smallest absolute Gasteiger partial charge is 0.274 e. The van der Waals surface area contributed by atoms with E-state index in [2.05, 4.69) is 5.32 Å². The van der Waals surface area contributed by atoms with Crippen molar-refractivity contribution in [1.82, 2.24) is 0 Å². The molecule has 0 saturated heterocycles. The highest BCUT2D eigenvalue weighted by atomic mass is 19.1. The molecule has 0 heterocycles. The normalized spacial score (nSPS) is 17.5. The Morgan fingerprint density at radius 2 is 1.74 bits per heavy atom. The molecular formula is C14H19FN2O2. The molecule has 104 valence electrons. The highest BCUT2D eigenvalue weighted by Gasteiger charge is 2.14. The first-order valence-corrected chi connectivity index (χ1v) is 6.86. The first kappa shape index (κ1) is 13.8. The molecule has 1 aliphatic rings. The van der Waals surface area contributed by atoms with Crippen molar-refractivity contribution in [1.29, 1.82) is 0 Å². The lowest BCUT2D eigenvalue weighted by Gasteiger charge is -2.22. The molecule has 1 fully saturated rings. The van der Waals surface area contributed by atoms with Gasteiger partial charge in [-0.1, -0.05) is 32.1 Å². The molecule has 4 nitrogen and oxygen atoms in total. The predicted octanol–water partition coefficient (Wildman–Crippen LogP) is 4.26. The van der Waals surface area contributed by atoms with Crippen LogP contribution in [0.25, 0.3) is 0 Å². The Labute approximate surface area is 112 Å². The van der Waals surface area contributed by atoms with Crippen LogP contribution in [0, 0.1) is 15.9 Å². The maximum atomic E-state index is 13.3. The second-order valence-electron chi connectivity index (χ2n) is 5.14. The third-order valence-corrected chi connectivity index (χ3v) is 3.57. The molecule has 5 heteroatoms. The molecule has 1 N–H and O–H groups in total. The number of rotatable bonds is 3. The van der Waals surface area contributed by atoms with E-state index in [0.29, 0.717) is 11.7 Å². The summed E-state index contributed by atoms with van der Waals surface area (Å²) in [6.45, 7) is 0. The summed E-state index contributed by atoms with van der Waals surface area (Å²) >= 11 is 0. The van der Waals surface area contributed by atoms with Gasteiger partial charge in [-0.2, -0.15) is 0 Å². The zero-order chi connectivity index (χ0) is 13.7. The van der Waals surface area contributed by atoms with Crippen LogP contribution in [0.5, 0.6) is 0 Å². The summed E-state index contributed by atoms with van der Waals surface area (Å²) in [4.78, 5) is 10.1. The lowest BCUT2D eigenvalue weighted by molar-refractivity contribution is -0.385. The van der Waals surface area contributed by atoms with Gasteiger partial charge >= 0.3 is 0 Å². The van der Waals surface area contributed by atoms with Gasteiger partial charge in [0.1, 0.15) is 5.82 Å². The van der Waals surface area contributed by atoms with E-state index in [4.69, 9.17) is 0 Å². The van der Waals surface area contributed by atoms with Crippen LogP contribution in [-0.4, -0.2) is 11.0 Å². The largest absolute Gasteiger partial charge is 0.382 e. The highest BCUT2D eigenvalue weighted by molar-refractivity contribution is 5.52. The standard InChI is InChI=1S/C14H19FN2O2/c15-11-8-13(10-14(9-11)17(18)19)16-12-6-4-2-1-3-5-7-12/h8-10,12,16H,1-7H2. The van der Waals surface area contributed by atoms with Gasteiger partial charge in [0.05, 0.1) is 11.0 Å². The van der Waals surface area contributed by atoms with Crippen LogP contribution in [-0.2, 0) is 0 Å². The van der Waals surface area contributed by atoms with E-state index < -0.39 is 10.7 Å². The SMILES string of the molecule is O=[N+]([O-])c1cc(F)cc(NC2CCCCCCC2)c1. The van der Waals surface area contributed by atoms with Crippen LogP contribution in [0.1, 0.15) is 44.9 Å². The van der Waals surface area contributed by atoms with Crippen LogP contribution < -0.4 is 5.32 Å². The molecule has 0 radical (unpaired) electrons. The molecule has 0 amide bonds. The summed E-state index contributed by atoms with van der Waals surface area (Å²) in [5.41, 5.74) is 0.311. The Kier molecular flexibility index (Phi) is 4.71. The summed E-state index contributed by atoms with van der Waals surface area (Å²) in [6.07, 6.45) is 8.18. The van der Waals surface area contributed by atoms with Gasteiger partial charge in [0.2, 0.25) is 0 Å². The molecular weight excluding hydrogens is 247 g/mol. The van der Waals surface area contributed by atoms with Crippen LogP contribution in [0.15, 0.2) is 18.2 Å². The molecule has 1 aromatic rings. The van der Waals surface area contributed by atoms with Crippen molar-refractivity contribution in [2.45, 2.75) is 51.0 Å². The molecule has 2 rings (SSSR count). The molecule has 0 atom stereocenters. The minimum atomic E-state index is -0.567. The molecule has 0 bridgehead atoms. The second kappa shape index (κ2) is 6.50. The summed E-state index contributed by atoms with van der Waals surface area (Å²) in [5, 5.41) is 13.9. The average molecular weight is 266 g/mol. The molecule has 0 aromatic heterocycles. The first-order chi connectivity index (χ1) is 9.15. The number of hydrogen-bond acceptors (Lipinski definition) is 3. The quantitative estimate of drug-likeness (QED) is 0.657. The zero-order valence-corrected chi connectivity index (χ0v) is 10.9. The lowest BCUT2D eigenvalue weighted by Crippen LogP contribution is -2.20. The van der Waals surface area contributed by atoms with Gasteiger partial charge in [-0.05, 0) is 18.9 Å². The molecule has 0 unspecified atom stereocenters. The van der Waals surface area contributed by atoms with Crippen molar-refractivity contribution in [3.8, 4) is 0 Å². The maximum absolute atomic E-state index is 13.3. The zero-order valence-electron chi connectivity index (χ0n) is 10.9. The fourth-order valence-electron chi connectivity index (χ4n) is 2.60. The monoisotopic (exact) mass is 266 g/mol. The van der Waals surface area contributed by atoms with Gasteiger partial charge in [-0.15, -0.1) is 0 Å². The van der Waals surface area contributed by atoms with E-state index in [1.807, 2.05) is 0 Å². The Morgan fingerprint density at radius 1 is 1.11 bits per heavy atom. The lowest BCUT2D eigenvalue weighted by atomic mass is 9.96. The number of nitrogens with one attached hydrogen (secondary N) is 1. The van der Waals surface area contributed by atoms with Gasteiger partial charge in [0.25, 0.3) is 5.69 Å². The maximum Gasteiger partial charge on any atom is 0.274 e. The van der Waals surface area contributed by atoms with Crippen molar-refractivity contribution in [3.63, 3.8) is 0 Å². The highest BCUT2D eigenvalue weighted by Crippen LogP contribution is 2.24. The summed E-state index contributed by atoms with van der Waals surface area (Å²) in [7, 11) is 0. The summed E-state index contributed by atoms with van der Waals surface area (Å²) < 4.78 is 13.3. The Morgan fingerprint density at radius 3 is 2.37 bits per heavy atom. The number of hydrogen-bond donors (Lipinski definition) is 1. The van der Waals surface area contributed by atoms with Crippen LogP contribution >= 0.6 is 0 Å². The Bertz CT molecular complexity index is 443. The van der Waals surface area contributed by atoms with Crippen LogP contribution in [0.3, 0.4) is 0 Å². The first-order valence-electron chi connectivity index (χ1n) is 6.86. The van der Waals surface area contributed by atoms with Gasteiger partial charge in [-0.3, -0.25) is 10.1 Å². The number of nitro benzene ring substituents is 1. The number of nitrogens with zero attached hydrogens (tertiary/aromatic N) is 1. The van der Waals surface area contributed by atoms with Gasteiger partial charge < -0.3 is 5.32 Å². The third kappa shape index (κ3) is 4.19. The third-order valence-electron chi connectivity index (χ3n) is 3.57. The molecule has 0 aliphatic heterocycles. The van der Waals surface area contributed by atoms with E-state index in [-0.39, 0.29) is 5.69 Å². The Hall–Kier alpha value is -1.65. The number of non-ortho nitro benzene ring substituents is 1. The minimum Gasteiger partial charge on any atom is -0.382 e. The van der Waals surface area contributed by atoms with E-state index in [0.717, 1.165) is 31.7 Å². The Balaban J connectivity index is 2.06.